The molecule has 38 heavy (non-hydrogen) atoms. The molecule has 3 rings (SSSR count). The number of allylic oxidation sites excluding steroid dienone is 4. The summed E-state index contributed by atoms with van der Waals surface area (Å²) >= 11 is 5.46. The molecule has 0 unspecified atom stereocenters. The summed E-state index contributed by atoms with van der Waals surface area (Å²) in [4.78, 5) is 17.7. The van der Waals surface area contributed by atoms with Crippen molar-refractivity contribution < 1.29 is 22.7 Å². The predicted molar refractivity (Wildman–Crippen MR) is 144 cm³/mol. The van der Waals surface area contributed by atoms with E-state index in [0.717, 1.165) is 48.3 Å². The molecule has 0 radical (unpaired) electrons. The summed E-state index contributed by atoms with van der Waals surface area (Å²) in [5.41, 5.74) is 0.773. The summed E-state index contributed by atoms with van der Waals surface area (Å²) < 4.78 is 46.0. The summed E-state index contributed by atoms with van der Waals surface area (Å²) in [6.07, 6.45) is 3.99. The molecular formula is C28H29F3N4O2S. The number of hydrogen-bond donors (Lipinski definition) is 1. The summed E-state index contributed by atoms with van der Waals surface area (Å²) in [5.74, 6) is 0.855. The number of aromatic nitrogens is 1. The lowest BCUT2D eigenvalue weighted by Crippen LogP contribution is -2.51. The first-order chi connectivity index (χ1) is 17.9. The van der Waals surface area contributed by atoms with E-state index in [1.165, 1.54) is 11.6 Å². The summed E-state index contributed by atoms with van der Waals surface area (Å²) in [5, 5.41) is 11.9. The SMILES string of the molecule is Cc1ccc(C2=CC=C(OCCCN(C(=S)Nc3ccc(C#N)c(C(F)(F)F)c3)C(C)(C)C=O)CC2)cn1. The molecule has 1 heterocycles. The highest BCUT2D eigenvalue weighted by molar-refractivity contribution is 7.80. The van der Waals surface area contributed by atoms with Crippen molar-refractivity contribution in [2.45, 2.75) is 51.7 Å². The Kier molecular flexibility index (Phi) is 9.28. The monoisotopic (exact) mass is 542 g/mol. The highest BCUT2D eigenvalue weighted by atomic mass is 32.1. The number of halogens is 3. The lowest BCUT2D eigenvalue weighted by Gasteiger charge is -2.36. The fourth-order valence-corrected chi connectivity index (χ4v) is 4.37. The number of nitriles is 1. The van der Waals surface area contributed by atoms with Gasteiger partial charge in [-0.25, -0.2) is 0 Å². The van der Waals surface area contributed by atoms with E-state index in [4.69, 9.17) is 22.2 Å². The molecule has 0 fully saturated rings. The fraction of sp³-hybridized carbons (Fsp3) is 0.357. The third-order valence-electron chi connectivity index (χ3n) is 6.13. The number of anilines is 1. The molecule has 0 spiro atoms. The van der Waals surface area contributed by atoms with Crippen molar-refractivity contribution >= 4 is 34.9 Å². The standard InChI is InChI=1S/C28H29F3N4O2S/c1-19-5-6-22(17-33-19)20-8-11-24(12-9-20)37-14-4-13-35(27(2,3)18-36)26(38)34-23-10-7-21(16-32)25(15-23)28(29,30)31/h5-8,10-11,15,17-18H,4,9,12-14H2,1-3H3,(H,34,38). The van der Waals surface area contributed by atoms with Gasteiger partial charge in [-0.3, -0.25) is 4.98 Å². The van der Waals surface area contributed by atoms with Crippen LogP contribution >= 0.6 is 12.2 Å². The topological polar surface area (TPSA) is 78.2 Å². The smallest absolute Gasteiger partial charge is 0.417 e. The number of carbonyl (C=O) groups excluding carboxylic acids is 1. The van der Waals surface area contributed by atoms with Gasteiger partial charge in [0.25, 0.3) is 0 Å². The molecule has 1 aliphatic rings. The molecular weight excluding hydrogens is 513 g/mol. The lowest BCUT2D eigenvalue weighted by molar-refractivity contribution is -0.137. The molecule has 0 amide bonds. The van der Waals surface area contributed by atoms with Crippen molar-refractivity contribution in [3.8, 4) is 6.07 Å². The molecule has 0 bridgehead atoms. The van der Waals surface area contributed by atoms with Crippen LogP contribution < -0.4 is 5.32 Å². The minimum absolute atomic E-state index is 0.0722. The van der Waals surface area contributed by atoms with Crippen LogP contribution in [0.5, 0.6) is 0 Å². The highest BCUT2D eigenvalue weighted by Gasteiger charge is 2.34. The van der Waals surface area contributed by atoms with Crippen molar-refractivity contribution in [3.05, 3.63) is 76.8 Å². The molecule has 6 nitrogen and oxygen atoms in total. The van der Waals surface area contributed by atoms with Crippen LogP contribution in [0.4, 0.5) is 18.9 Å². The molecule has 0 saturated heterocycles. The second-order valence-electron chi connectivity index (χ2n) is 9.44. The number of pyridine rings is 1. The Morgan fingerprint density at radius 2 is 2.00 bits per heavy atom. The number of alkyl halides is 3. The van der Waals surface area contributed by atoms with Crippen LogP contribution in [0.3, 0.4) is 0 Å². The molecule has 10 heteroatoms. The van der Waals surface area contributed by atoms with Gasteiger partial charge in [0.15, 0.2) is 5.11 Å². The van der Waals surface area contributed by atoms with Gasteiger partial charge in [0.1, 0.15) is 6.29 Å². The number of nitrogens with one attached hydrogen (secondary N) is 1. The van der Waals surface area contributed by atoms with Crippen molar-refractivity contribution in [2.24, 2.45) is 0 Å². The number of thiocarbonyl (C=S) groups is 1. The number of aldehydes is 1. The third kappa shape index (κ3) is 7.42. The number of benzene rings is 1. The van der Waals surface area contributed by atoms with Crippen molar-refractivity contribution in [2.75, 3.05) is 18.5 Å². The number of carbonyl (C=O) groups is 1. The van der Waals surface area contributed by atoms with Gasteiger partial charge < -0.3 is 19.7 Å². The van der Waals surface area contributed by atoms with Gasteiger partial charge in [-0.05, 0) is 87.3 Å². The Morgan fingerprint density at radius 1 is 1.24 bits per heavy atom. The molecule has 1 aromatic heterocycles. The van der Waals surface area contributed by atoms with E-state index in [1.807, 2.05) is 31.3 Å². The predicted octanol–water partition coefficient (Wildman–Crippen LogP) is 6.42. The second kappa shape index (κ2) is 12.2. The largest absolute Gasteiger partial charge is 0.498 e. The number of aryl methyl sites for hydroxylation is 1. The Morgan fingerprint density at radius 3 is 2.58 bits per heavy atom. The Labute approximate surface area is 225 Å². The average Bonchev–Trinajstić information content (AvgIpc) is 2.88. The molecule has 0 saturated carbocycles. The lowest BCUT2D eigenvalue weighted by atomic mass is 9.98. The summed E-state index contributed by atoms with van der Waals surface area (Å²) in [7, 11) is 0. The molecule has 0 aliphatic heterocycles. The van der Waals surface area contributed by atoms with Crippen molar-refractivity contribution in [1.82, 2.24) is 9.88 Å². The first-order valence-electron chi connectivity index (χ1n) is 12.1. The van der Waals surface area contributed by atoms with Gasteiger partial charge in [-0.1, -0.05) is 12.1 Å². The second-order valence-corrected chi connectivity index (χ2v) is 9.83. The molecule has 1 aliphatic carbocycles. The van der Waals surface area contributed by atoms with Gasteiger partial charge in [0, 0.05) is 30.5 Å². The van der Waals surface area contributed by atoms with E-state index >= 15 is 0 Å². The number of rotatable bonds is 9. The molecule has 2 aromatic rings. The quantitative estimate of drug-likeness (QED) is 0.222. The molecule has 200 valence electrons. The molecule has 1 N–H and O–H groups in total. The minimum atomic E-state index is -4.69. The number of ether oxygens (including phenoxy) is 1. The fourth-order valence-electron chi connectivity index (χ4n) is 3.92. The Balaban J connectivity index is 1.61. The first-order valence-corrected chi connectivity index (χ1v) is 12.5. The number of hydrogen-bond acceptors (Lipinski definition) is 5. The van der Waals surface area contributed by atoms with E-state index in [9.17, 15) is 18.0 Å². The Hall–Kier alpha value is -3.71. The maximum absolute atomic E-state index is 13.3. The Bertz CT molecular complexity index is 1280. The van der Waals surface area contributed by atoms with Crippen LogP contribution in [-0.4, -0.2) is 40.0 Å². The normalized spacial score (nSPS) is 13.6. The highest BCUT2D eigenvalue weighted by Crippen LogP contribution is 2.34. The summed E-state index contributed by atoms with van der Waals surface area (Å²) in [6, 6.07) is 8.85. The maximum Gasteiger partial charge on any atom is 0.417 e. The van der Waals surface area contributed by atoms with Gasteiger partial charge in [0.05, 0.1) is 35.1 Å². The van der Waals surface area contributed by atoms with Crippen LogP contribution in [0, 0.1) is 18.3 Å². The van der Waals surface area contributed by atoms with E-state index in [1.54, 1.807) is 24.8 Å². The third-order valence-corrected chi connectivity index (χ3v) is 6.46. The van der Waals surface area contributed by atoms with Crippen molar-refractivity contribution in [3.63, 3.8) is 0 Å². The average molecular weight is 543 g/mol. The van der Waals surface area contributed by atoms with E-state index in [2.05, 4.69) is 16.4 Å². The van der Waals surface area contributed by atoms with Gasteiger partial charge in [-0.15, -0.1) is 0 Å². The zero-order chi connectivity index (χ0) is 27.9. The zero-order valence-corrected chi connectivity index (χ0v) is 22.2. The number of nitrogens with zero attached hydrogens (tertiary/aromatic N) is 3. The van der Waals surface area contributed by atoms with Gasteiger partial charge in [0.2, 0.25) is 0 Å². The summed E-state index contributed by atoms with van der Waals surface area (Å²) in [6.45, 7) is 6.00. The van der Waals surface area contributed by atoms with Crippen LogP contribution in [0.1, 0.15) is 55.5 Å². The minimum Gasteiger partial charge on any atom is -0.498 e. The van der Waals surface area contributed by atoms with Gasteiger partial charge >= 0.3 is 6.18 Å². The molecule has 0 atom stereocenters. The van der Waals surface area contributed by atoms with Crippen LogP contribution in [0.15, 0.2) is 54.4 Å². The van der Waals surface area contributed by atoms with E-state index in [0.29, 0.717) is 19.6 Å². The van der Waals surface area contributed by atoms with Gasteiger partial charge in [-0.2, -0.15) is 18.4 Å². The van der Waals surface area contributed by atoms with Crippen LogP contribution in [0.25, 0.3) is 5.57 Å². The van der Waals surface area contributed by atoms with E-state index < -0.39 is 22.8 Å². The maximum atomic E-state index is 13.3. The first kappa shape index (κ1) is 28.9. The van der Waals surface area contributed by atoms with Crippen LogP contribution in [-0.2, 0) is 15.7 Å². The van der Waals surface area contributed by atoms with Crippen molar-refractivity contribution in [1.29, 1.82) is 5.26 Å². The van der Waals surface area contributed by atoms with E-state index in [-0.39, 0.29) is 10.8 Å². The van der Waals surface area contributed by atoms with Crippen LogP contribution in [0.2, 0.25) is 0 Å². The molecule has 1 aromatic carbocycles. The zero-order valence-electron chi connectivity index (χ0n) is 21.4.